The Hall–Kier alpha value is -3.13. The number of nitrogens with one attached hydrogen (secondary N) is 1. The number of aromatic amines is 1. The summed E-state index contributed by atoms with van der Waals surface area (Å²) in [6.07, 6.45) is 3.08. The first-order chi connectivity index (χ1) is 15.0. The first-order valence-electron chi connectivity index (χ1n) is 10.5. The molecule has 1 fully saturated rings. The summed E-state index contributed by atoms with van der Waals surface area (Å²) >= 11 is 0. The quantitative estimate of drug-likeness (QED) is 0.655. The van der Waals surface area contributed by atoms with Gasteiger partial charge in [0.05, 0.1) is 6.20 Å². The number of benzene rings is 2. The molecule has 1 aromatic heterocycles. The highest BCUT2D eigenvalue weighted by molar-refractivity contribution is 5.73. The molecule has 2 aromatic carbocycles. The number of halogens is 2. The average molecular weight is 426 g/mol. The number of rotatable bonds is 5. The van der Waals surface area contributed by atoms with Gasteiger partial charge in [-0.25, -0.2) is 13.6 Å². The maximum absolute atomic E-state index is 14.1. The summed E-state index contributed by atoms with van der Waals surface area (Å²) in [4.78, 5) is 18.6. The normalized spacial score (nSPS) is 20.6. The number of aromatic hydroxyl groups is 1. The number of aromatic nitrogens is 2. The largest absolute Gasteiger partial charge is 0.493 e. The van der Waals surface area contributed by atoms with Gasteiger partial charge in [-0.2, -0.15) is 0 Å². The van der Waals surface area contributed by atoms with Gasteiger partial charge in [0.2, 0.25) is 5.88 Å². The van der Waals surface area contributed by atoms with Crippen LogP contribution in [0.2, 0.25) is 0 Å². The highest BCUT2D eigenvalue weighted by atomic mass is 19.1. The molecule has 2 atom stereocenters. The molecule has 5 rings (SSSR count). The molecule has 0 bridgehead atoms. The van der Waals surface area contributed by atoms with E-state index in [2.05, 4.69) is 14.8 Å². The maximum atomic E-state index is 14.1. The summed E-state index contributed by atoms with van der Waals surface area (Å²) in [5.41, 5.74) is 2.58. The Balaban J connectivity index is 1.33. The van der Waals surface area contributed by atoms with Crippen LogP contribution in [0.25, 0.3) is 0 Å². The minimum atomic E-state index is -0.314. The molecule has 31 heavy (non-hydrogen) atoms. The molecule has 2 aliphatic rings. The minimum Gasteiger partial charge on any atom is -0.493 e. The molecule has 0 amide bonds. The van der Waals surface area contributed by atoms with Crippen molar-refractivity contribution in [3.63, 3.8) is 0 Å². The van der Waals surface area contributed by atoms with Crippen molar-refractivity contribution >= 4 is 11.4 Å². The third kappa shape index (κ3) is 3.72. The third-order valence-corrected chi connectivity index (χ3v) is 6.39. The summed E-state index contributed by atoms with van der Waals surface area (Å²) in [6.45, 7) is 3.02. The van der Waals surface area contributed by atoms with Crippen LogP contribution in [0.3, 0.4) is 0 Å². The van der Waals surface area contributed by atoms with E-state index in [1.807, 2.05) is 6.07 Å². The molecule has 6 nitrogen and oxygen atoms in total. The minimum absolute atomic E-state index is 0.128. The van der Waals surface area contributed by atoms with Crippen molar-refractivity contribution in [2.45, 2.75) is 31.3 Å². The summed E-state index contributed by atoms with van der Waals surface area (Å²) in [7, 11) is 0. The zero-order chi connectivity index (χ0) is 21.5. The van der Waals surface area contributed by atoms with Gasteiger partial charge in [-0.15, -0.1) is 0 Å². The predicted octanol–water partition coefficient (Wildman–Crippen LogP) is 3.56. The van der Waals surface area contributed by atoms with E-state index in [1.165, 1.54) is 29.0 Å². The summed E-state index contributed by atoms with van der Waals surface area (Å²) in [5.74, 6) is -0.495. The number of H-pyrrole nitrogens is 1. The lowest BCUT2D eigenvalue weighted by Crippen LogP contribution is -2.45. The number of aryl methyl sites for hydroxylation is 1. The topological polar surface area (TPSA) is 64.5 Å². The Bertz CT molecular complexity index is 1140. The molecule has 3 heterocycles. The zero-order valence-electron chi connectivity index (χ0n) is 17.0. The molecule has 0 radical (unpaired) electrons. The lowest BCUT2D eigenvalue weighted by atomic mass is 9.89. The summed E-state index contributed by atoms with van der Waals surface area (Å²) in [6, 6.07) is 11.6. The standard InChI is InChI=1S/C23H24F2N4O2/c24-15-2-5-17(6-3-15)29-20-7-4-16(25)12-18(20)19-13-27(11-8-21(19)29)9-1-10-28-14-22(30)26-23(28)31/h2-7,12,14,19,21,30H,1,8-11,13H2,(H,26,31)/t19-,21+/m0/s1. The highest BCUT2D eigenvalue weighted by Gasteiger charge is 2.42. The van der Waals surface area contributed by atoms with Gasteiger partial charge >= 0.3 is 5.69 Å². The van der Waals surface area contributed by atoms with Gasteiger partial charge in [0.1, 0.15) is 11.6 Å². The SMILES string of the molecule is O=c1[nH]c(O)cn1CCCN1CC[C@@H]2[C@@H](C1)c1cc(F)ccc1N2c1ccc(F)cc1. The Morgan fingerprint density at radius 3 is 2.58 bits per heavy atom. The van der Waals surface area contributed by atoms with E-state index in [0.29, 0.717) is 6.54 Å². The van der Waals surface area contributed by atoms with E-state index >= 15 is 0 Å². The molecule has 0 aliphatic carbocycles. The molecule has 0 saturated carbocycles. The first-order valence-corrected chi connectivity index (χ1v) is 10.5. The second kappa shape index (κ2) is 7.85. The number of hydrogen-bond acceptors (Lipinski definition) is 4. The van der Waals surface area contributed by atoms with Crippen molar-refractivity contribution < 1.29 is 13.9 Å². The number of piperidine rings is 1. The molecular formula is C23H24F2N4O2. The van der Waals surface area contributed by atoms with Gasteiger partial charge in [0.15, 0.2) is 0 Å². The van der Waals surface area contributed by atoms with Gasteiger partial charge in [-0.1, -0.05) is 0 Å². The van der Waals surface area contributed by atoms with E-state index in [9.17, 15) is 18.7 Å². The number of fused-ring (bicyclic) bond motifs is 3. The smallest absolute Gasteiger partial charge is 0.328 e. The fourth-order valence-corrected chi connectivity index (χ4v) is 5.03. The monoisotopic (exact) mass is 426 g/mol. The number of nitrogens with zero attached hydrogens (tertiary/aromatic N) is 3. The summed E-state index contributed by atoms with van der Waals surface area (Å²) in [5, 5.41) is 9.39. The van der Waals surface area contributed by atoms with E-state index < -0.39 is 0 Å². The first kappa shape index (κ1) is 19.8. The van der Waals surface area contributed by atoms with Crippen molar-refractivity contribution in [2.75, 3.05) is 24.5 Å². The van der Waals surface area contributed by atoms with Crippen LogP contribution in [0.4, 0.5) is 20.2 Å². The van der Waals surface area contributed by atoms with E-state index in [4.69, 9.17) is 0 Å². The Kier molecular flexibility index (Phi) is 5.02. The van der Waals surface area contributed by atoms with E-state index in [0.717, 1.165) is 49.4 Å². The van der Waals surface area contributed by atoms with Crippen LogP contribution in [-0.4, -0.2) is 45.2 Å². The van der Waals surface area contributed by atoms with Gasteiger partial charge in [-0.3, -0.25) is 9.55 Å². The molecule has 2 aliphatic heterocycles. The Labute approximate surface area is 178 Å². The van der Waals surface area contributed by atoms with Crippen molar-refractivity contribution in [2.24, 2.45) is 0 Å². The fraction of sp³-hybridized carbons (Fsp3) is 0.348. The van der Waals surface area contributed by atoms with Gasteiger partial charge < -0.3 is 14.9 Å². The number of likely N-dealkylation sites (tertiary alicyclic amines) is 1. The van der Waals surface area contributed by atoms with Crippen molar-refractivity contribution in [3.8, 4) is 5.88 Å². The summed E-state index contributed by atoms with van der Waals surface area (Å²) < 4.78 is 29.0. The van der Waals surface area contributed by atoms with Crippen LogP contribution in [-0.2, 0) is 6.54 Å². The van der Waals surface area contributed by atoms with Crippen LogP contribution >= 0.6 is 0 Å². The van der Waals surface area contributed by atoms with Crippen LogP contribution in [0.5, 0.6) is 5.88 Å². The molecule has 0 spiro atoms. The molecule has 1 saturated heterocycles. The van der Waals surface area contributed by atoms with Crippen molar-refractivity contribution in [1.82, 2.24) is 14.5 Å². The number of anilines is 2. The molecule has 3 aromatic rings. The fourth-order valence-electron chi connectivity index (χ4n) is 5.03. The molecule has 8 heteroatoms. The van der Waals surface area contributed by atoms with Crippen molar-refractivity contribution in [1.29, 1.82) is 0 Å². The maximum Gasteiger partial charge on any atom is 0.328 e. The van der Waals surface area contributed by atoms with Crippen LogP contribution in [0.1, 0.15) is 24.3 Å². The van der Waals surface area contributed by atoms with Gasteiger partial charge in [0, 0.05) is 43.0 Å². The van der Waals surface area contributed by atoms with E-state index in [1.54, 1.807) is 18.2 Å². The van der Waals surface area contributed by atoms with Crippen LogP contribution in [0, 0.1) is 11.6 Å². The van der Waals surface area contributed by atoms with Crippen LogP contribution < -0.4 is 10.6 Å². The number of imidazole rings is 1. The Morgan fingerprint density at radius 2 is 1.84 bits per heavy atom. The van der Waals surface area contributed by atoms with E-state index in [-0.39, 0.29) is 35.2 Å². The average Bonchev–Trinajstić information content (AvgIpc) is 3.24. The lowest BCUT2D eigenvalue weighted by Gasteiger charge is -2.39. The Morgan fingerprint density at radius 1 is 1.06 bits per heavy atom. The third-order valence-electron chi connectivity index (χ3n) is 6.39. The second-order valence-corrected chi connectivity index (χ2v) is 8.30. The van der Waals surface area contributed by atoms with Crippen molar-refractivity contribution in [3.05, 3.63) is 76.3 Å². The van der Waals surface area contributed by atoms with Gasteiger partial charge in [0.25, 0.3) is 0 Å². The molecular weight excluding hydrogens is 402 g/mol. The molecule has 162 valence electrons. The van der Waals surface area contributed by atoms with Gasteiger partial charge in [-0.05, 0) is 67.4 Å². The second-order valence-electron chi connectivity index (χ2n) is 8.30. The van der Waals surface area contributed by atoms with Crippen LogP contribution in [0.15, 0.2) is 53.5 Å². The predicted molar refractivity (Wildman–Crippen MR) is 114 cm³/mol. The highest BCUT2D eigenvalue weighted by Crippen LogP contribution is 2.48. The molecule has 0 unspecified atom stereocenters. The molecule has 2 N–H and O–H groups in total. The lowest BCUT2D eigenvalue weighted by molar-refractivity contribution is 0.192. The number of hydrogen-bond donors (Lipinski definition) is 2. The zero-order valence-corrected chi connectivity index (χ0v) is 17.0.